The largest absolute Gasteiger partial charge is 0.504 e. The van der Waals surface area contributed by atoms with Crippen LogP contribution < -0.4 is 10.1 Å². The van der Waals surface area contributed by atoms with Gasteiger partial charge in [0.1, 0.15) is 0 Å². The van der Waals surface area contributed by atoms with E-state index >= 15 is 0 Å². The number of fused-ring (bicyclic) bond motifs is 2. The maximum atomic E-state index is 12.1. The third-order valence-corrected chi connectivity index (χ3v) is 4.11. The van der Waals surface area contributed by atoms with Crippen molar-refractivity contribution in [3.63, 3.8) is 0 Å². The summed E-state index contributed by atoms with van der Waals surface area (Å²) in [5, 5.41) is 13.1. The summed E-state index contributed by atoms with van der Waals surface area (Å²) in [5.74, 6) is 0.322. The Morgan fingerprint density at radius 1 is 1.30 bits per heavy atom. The number of hydrogen-bond donors (Lipinski definition) is 2. The summed E-state index contributed by atoms with van der Waals surface area (Å²) < 4.78 is 5.38. The van der Waals surface area contributed by atoms with Crippen LogP contribution >= 0.6 is 0 Å². The molecule has 1 aliphatic carbocycles. The van der Waals surface area contributed by atoms with Crippen LogP contribution in [0.4, 0.5) is 0 Å². The summed E-state index contributed by atoms with van der Waals surface area (Å²) >= 11 is 0. The van der Waals surface area contributed by atoms with Gasteiger partial charge in [-0.15, -0.1) is 0 Å². The normalized spacial score (nSPS) is 18.2. The van der Waals surface area contributed by atoms with Gasteiger partial charge in [0.05, 0.1) is 13.2 Å². The van der Waals surface area contributed by atoms with Crippen LogP contribution in [-0.4, -0.2) is 18.1 Å². The van der Waals surface area contributed by atoms with Gasteiger partial charge in [0.15, 0.2) is 11.5 Å². The molecule has 2 N–H and O–H groups in total. The van der Waals surface area contributed by atoms with Crippen molar-refractivity contribution in [3.8, 4) is 22.6 Å². The van der Waals surface area contributed by atoms with Crippen LogP contribution in [0.25, 0.3) is 11.1 Å². The van der Waals surface area contributed by atoms with E-state index in [1.807, 2.05) is 24.3 Å². The van der Waals surface area contributed by atoms with Crippen molar-refractivity contribution >= 4 is 5.91 Å². The Bertz CT molecular complexity index is 752. The van der Waals surface area contributed by atoms with Gasteiger partial charge >= 0.3 is 0 Å². The van der Waals surface area contributed by atoms with Crippen LogP contribution in [0.3, 0.4) is 0 Å². The molecule has 20 heavy (non-hydrogen) atoms. The Morgan fingerprint density at radius 2 is 2.10 bits per heavy atom. The maximum Gasteiger partial charge on any atom is 0.252 e. The molecule has 2 aromatic rings. The number of carbonyl (C=O) groups is 1. The summed E-state index contributed by atoms with van der Waals surface area (Å²) in [5.41, 5.74) is 4.53. The number of carbonyl (C=O) groups excluding carboxylic acids is 1. The molecule has 0 bridgehead atoms. The van der Waals surface area contributed by atoms with E-state index in [0.29, 0.717) is 11.3 Å². The zero-order chi connectivity index (χ0) is 13.9. The lowest BCUT2D eigenvalue weighted by Crippen LogP contribution is -2.22. The average Bonchev–Trinajstić information content (AvgIpc) is 2.75. The number of aromatic hydroxyl groups is 1. The maximum absolute atomic E-state index is 12.1. The van der Waals surface area contributed by atoms with E-state index in [9.17, 15) is 9.90 Å². The predicted molar refractivity (Wildman–Crippen MR) is 74.0 cm³/mol. The van der Waals surface area contributed by atoms with E-state index in [4.69, 9.17) is 4.74 Å². The van der Waals surface area contributed by atoms with Crippen LogP contribution in [0.5, 0.6) is 11.5 Å². The topological polar surface area (TPSA) is 58.6 Å². The second kappa shape index (κ2) is 3.76. The van der Waals surface area contributed by atoms with Crippen molar-refractivity contribution in [2.75, 3.05) is 7.11 Å². The summed E-state index contributed by atoms with van der Waals surface area (Å²) in [4.78, 5) is 12.1. The van der Waals surface area contributed by atoms with E-state index in [0.717, 1.165) is 28.7 Å². The molecular weight excluding hydrogens is 254 g/mol. The third-order valence-electron chi connectivity index (χ3n) is 4.11. The SMILES string of the molecule is COc1c(O)cc2c3c1-c1ccccc1CC3NC2=O. The number of nitrogens with one attached hydrogen (secondary N) is 1. The highest BCUT2D eigenvalue weighted by Gasteiger charge is 2.38. The minimum Gasteiger partial charge on any atom is -0.504 e. The monoisotopic (exact) mass is 267 g/mol. The first kappa shape index (κ1) is 11.3. The van der Waals surface area contributed by atoms with E-state index in [-0.39, 0.29) is 17.7 Å². The van der Waals surface area contributed by atoms with Crippen LogP contribution in [0.15, 0.2) is 30.3 Å². The molecule has 1 amide bonds. The van der Waals surface area contributed by atoms with Gasteiger partial charge in [0, 0.05) is 11.1 Å². The van der Waals surface area contributed by atoms with Gasteiger partial charge in [-0.2, -0.15) is 0 Å². The molecule has 4 rings (SSSR count). The molecular formula is C16H13NO3. The van der Waals surface area contributed by atoms with Crippen LogP contribution in [0.1, 0.15) is 27.5 Å². The molecule has 2 aromatic carbocycles. The number of benzene rings is 2. The van der Waals surface area contributed by atoms with Crippen molar-refractivity contribution in [2.45, 2.75) is 12.5 Å². The standard InChI is InChI=1S/C16H13NO3/c1-20-15-12(18)7-10-13-11(17-16(10)19)6-8-4-2-3-5-9(8)14(13)15/h2-5,7,11,18H,6H2,1H3,(H,17,19). The molecule has 1 aliphatic heterocycles. The van der Waals surface area contributed by atoms with Crippen molar-refractivity contribution in [3.05, 3.63) is 47.0 Å². The summed E-state index contributed by atoms with van der Waals surface area (Å²) in [6.07, 6.45) is 0.774. The number of hydrogen-bond acceptors (Lipinski definition) is 3. The molecule has 0 saturated heterocycles. The van der Waals surface area contributed by atoms with Crippen molar-refractivity contribution in [1.82, 2.24) is 5.32 Å². The number of rotatable bonds is 1. The highest BCUT2D eigenvalue weighted by molar-refractivity contribution is 6.04. The van der Waals surface area contributed by atoms with Gasteiger partial charge in [0.25, 0.3) is 5.91 Å². The number of phenols is 1. The molecule has 4 nitrogen and oxygen atoms in total. The first-order valence-electron chi connectivity index (χ1n) is 6.53. The fourth-order valence-electron chi connectivity index (χ4n) is 3.31. The Labute approximate surface area is 116 Å². The average molecular weight is 267 g/mol. The fraction of sp³-hybridized carbons (Fsp3) is 0.188. The molecule has 1 atom stereocenters. The molecule has 1 heterocycles. The molecule has 4 heteroatoms. The summed E-state index contributed by atoms with van der Waals surface area (Å²) in [6, 6.07) is 9.46. The molecule has 1 unspecified atom stereocenters. The Kier molecular flexibility index (Phi) is 2.13. The summed E-state index contributed by atoms with van der Waals surface area (Å²) in [6.45, 7) is 0. The Hall–Kier alpha value is -2.49. The first-order chi connectivity index (χ1) is 9.70. The van der Waals surface area contributed by atoms with Gasteiger partial charge in [-0.1, -0.05) is 24.3 Å². The van der Waals surface area contributed by atoms with Crippen molar-refractivity contribution in [1.29, 1.82) is 0 Å². The number of methoxy groups -OCH3 is 1. The van der Waals surface area contributed by atoms with E-state index in [2.05, 4.69) is 5.32 Å². The van der Waals surface area contributed by atoms with Crippen molar-refractivity contribution < 1.29 is 14.6 Å². The highest BCUT2D eigenvalue weighted by Crippen LogP contribution is 2.50. The first-order valence-corrected chi connectivity index (χ1v) is 6.53. The molecule has 0 spiro atoms. The van der Waals surface area contributed by atoms with Gasteiger partial charge < -0.3 is 15.2 Å². The Morgan fingerprint density at radius 3 is 2.90 bits per heavy atom. The third kappa shape index (κ3) is 1.28. The number of ether oxygens (including phenoxy) is 1. The molecule has 0 radical (unpaired) electrons. The van der Waals surface area contributed by atoms with E-state index < -0.39 is 0 Å². The predicted octanol–water partition coefficient (Wildman–Crippen LogP) is 2.41. The van der Waals surface area contributed by atoms with Gasteiger partial charge in [-0.05, 0) is 29.2 Å². The minimum atomic E-state index is -0.128. The zero-order valence-electron chi connectivity index (χ0n) is 10.9. The van der Waals surface area contributed by atoms with Gasteiger partial charge in [0.2, 0.25) is 0 Å². The van der Waals surface area contributed by atoms with Crippen molar-refractivity contribution in [2.24, 2.45) is 0 Å². The lowest BCUT2D eigenvalue weighted by molar-refractivity contribution is 0.0956. The lowest BCUT2D eigenvalue weighted by atomic mass is 9.81. The second-order valence-electron chi connectivity index (χ2n) is 5.15. The van der Waals surface area contributed by atoms with Crippen LogP contribution in [0.2, 0.25) is 0 Å². The molecule has 2 aliphatic rings. The smallest absolute Gasteiger partial charge is 0.252 e. The zero-order valence-corrected chi connectivity index (χ0v) is 10.9. The minimum absolute atomic E-state index is 0.00810. The molecule has 0 saturated carbocycles. The lowest BCUT2D eigenvalue weighted by Gasteiger charge is -2.26. The van der Waals surface area contributed by atoms with Gasteiger partial charge in [-0.3, -0.25) is 4.79 Å². The van der Waals surface area contributed by atoms with Crippen LogP contribution in [0, 0.1) is 0 Å². The quantitative estimate of drug-likeness (QED) is 0.834. The number of phenolic OH excluding ortho intramolecular Hbond substituents is 1. The summed E-state index contributed by atoms with van der Waals surface area (Å²) in [7, 11) is 1.54. The highest BCUT2D eigenvalue weighted by atomic mass is 16.5. The number of amides is 1. The van der Waals surface area contributed by atoms with Crippen LogP contribution in [-0.2, 0) is 6.42 Å². The molecule has 0 fully saturated rings. The van der Waals surface area contributed by atoms with E-state index in [1.165, 1.54) is 13.2 Å². The molecule has 0 aromatic heterocycles. The molecule has 100 valence electrons. The fourth-order valence-corrected chi connectivity index (χ4v) is 3.31. The second-order valence-corrected chi connectivity index (χ2v) is 5.15. The Balaban J connectivity index is 2.14. The van der Waals surface area contributed by atoms with Gasteiger partial charge in [-0.25, -0.2) is 0 Å². The van der Waals surface area contributed by atoms with E-state index in [1.54, 1.807) is 0 Å².